The summed E-state index contributed by atoms with van der Waals surface area (Å²) >= 11 is 1.44. The van der Waals surface area contributed by atoms with E-state index in [-0.39, 0.29) is 5.41 Å². The minimum absolute atomic E-state index is 0.0766. The minimum atomic E-state index is -0.0766. The molecule has 1 aromatic heterocycles. The van der Waals surface area contributed by atoms with Gasteiger partial charge in [0.05, 0.1) is 0 Å². The van der Waals surface area contributed by atoms with Crippen LogP contribution in [0.15, 0.2) is 5.16 Å². The predicted molar refractivity (Wildman–Crippen MR) is 70.1 cm³/mol. The Hall–Kier alpha value is -0.880. The van der Waals surface area contributed by atoms with Gasteiger partial charge in [0, 0.05) is 17.3 Å². The van der Waals surface area contributed by atoms with Crippen LogP contribution in [-0.2, 0) is 5.41 Å². The van der Waals surface area contributed by atoms with Crippen LogP contribution in [0.2, 0.25) is 0 Å². The van der Waals surface area contributed by atoms with Gasteiger partial charge in [0.1, 0.15) is 5.82 Å². The summed E-state index contributed by atoms with van der Waals surface area (Å²) < 4.78 is 0. The molecule has 0 aromatic carbocycles. The van der Waals surface area contributed by atoms with E-state index in [4.69, 9.17) is 5.73 Å². The van der Waals surface area contributed by atoms with Gasteiger partial charge in [-0.1, -0.05) is 32.5 Å². The molecule has 1 saturated carbocycles. The highest BCUT2D eigenvalue weighted by molar-refractivity contribution is 7.99. The third kappa shape index (κ3) is 3.54. The molecule has 1 heterocycles. The van der Waals surface area contributed by atoms with E-state index < -0.39 is 0 Å². The first-order chi connectivity index (χ1) is 7.99. The lowest BCUT2D eigenvalue weighted by molar-refractivity contribution is 0.532. The molecule has 0 atom stereocenters. The van der Waals surface area contributed by atoms with Gasteiger partial charge in [0.15, 0.2) is 5.16 Å². The summed E-state index contributed by atoms with van der Waals surface area (Å²) in [5, 5.41) is 4.02. The molecule has 0 spiro atoms. The van der Waals surface area contributed by atoms with Crippen molar-refractivity contribution in [3.63, 3.8) is 0 Å². The molecule has 1 aromatic rings. The molecule has 2 rings (SSSR count). The number of thioether (sulfide) groups is 1. The second-order valence-electron chi connectivity index (χ2n) is 5.24. The molecule has 0 saturated heterocycles. The zero-order valence-corrected chi connectivity index (χ0v) is 11.3. The predicted octanol–water partition coefficient (Wildman–Crippen LogP) is 1.75. The van der Waals surface area contributed by atoms with Crippen molar-refractivity contribution in [3.8, 4) is 0 Å². The van der Waals surface area contributed by atoms with Gasteiger partial charge in [-0.15, -0.1) is 0 Å². The molecular weight excluding hydrogens is 234 g/mol. The number of anilines is 1. The van der Waals surface area contributed by atoms with Crippen LogP contribution in [-0.4, -0.2) is 26.9 Å². The third-order valence-corrected chi connectivity index (χ3v) is 3.02. The number of nitrogens with two attached hydrogens (primary N) is 1. The number of nitrogens with one attached hydrogen (secondary N) is 1. The van der Waals surface area contributed by atoms with E-state index in [1.807, 2.05) is 0 Å². The van der Waals surface area contributed by atoms with Crippen LogP contribution >= 0.6 is 11.8 Å². The van der Waals surface area contributed by atoms with E-state index in [0.29, 0.717) is 23.0 Å². The van der Waals surface area contributed by atoms with Crippen molar-refractivity contribution in [2.75, 3.05) is 11.2 Å². The summed E-state index contributed by atoms with van der Waals surface area (Å²) in [7, 11) is 0. The normalized spacial score (nSPS) is 16.0. The minimum Gasteiger partial charge on any atom is -0.351 e. The van der Waals surface area contributed by atoms with E-state index in [1.165, 1.54) is 24.6 Å². The molecule has 1 aliphatic carbocycles. The topological polar surface area (TPSA) is 76.7 Å². The fourth-order valence-corrected chi connectivity index (χ4v) is 1.76. The van der Waals surface area contributed by atoms with Crippen molar-refractivity contribution < 1.29 is 0 Å². The second-order valence-corrected chi connectivity index (χ2v) is 6.23. The van der Waals surface area contributed by atoms with Gasteiger partial charge < -0.3 is 11.1 Å². The molecule has 0 unspecified atom stereocenters. The lowest BCUT2D eigenvalue weighted by Gasteiger charge is -2.17. The highest BCUT2D eigenvalue weighted by Crippen LogP contribution is 2.26. The average molecular weight is 253 g/mol. The lowest BCUT2D eigenvalue weighted by atomic mass is 9.96. The monoisotopic (exact) mass is 253 g/mol. The van der Waals surface area contributed by atoms with E-state index in [0.717, 1.165) is 5.82 Å². The van der Waals surface area contributed by atoms with Crippen molar-refractivity contribution in [2.45, 2.75) is 50.2 Å². The maximum absolute atomic E-state index is 5.53. The highest BCUT2D eigenvalue weighted by Gasteiger charge is 2.24. The SMILES string of the molecule is CC(C)(C)c1nc(NC2CC2)nc(SCN)n1. The Kier molecular flexibility index (Phi) is 3.53. The summed E-state index contributed by atoms with van der Waals surface area (Å²) in [5.74, 6) is 1.98. The number of hydrogen-bond acceptors (Lipinski definition) is 6. The molecule has 0 amide bonds. The first-order valence-corrected chi connectivity index (χ1v) is 6.83. The average Bonchev–Trinajstić information content (AvgIpc) is 3.00. The van der Waals surface area contributed by atoms with Gasteiger partial charge in [-0.3, -0.25) is 0 Å². The van der Waals surface area contributed by atoms with Crippen LogP contribution in [0.5, 0.6) is 0 Å². The van der Waals surface area contributed by atoms with Crippen molar-refractivity contribution in [2.24, 2.45) is 5.73 Å². The Morgan fingerprint density at radius 3 is 2.53 bits per heavy atom. The summed E-state index contributed by atoms with van der Waals surface area (Å²) in [6.45, 7) is 6.29. The summed E-state index contributed by atoms with van der Waals surface area (Å²) in [5.41, 5.74) is 5.45. The maximum atomic E-state index is 5.53. The lowest BCUT2D eigenvalue weighted by Crippen LogP contribution is -2.19. The van der Waals surface area contributed by atoms with Gasteiger partial charge in [-0.25, -0.2) is 4.98 Å². The van der Waals surface area contributed by atoms with Crippen molar-refractivity contribution in [3.05, 3.63) is 5.82 Å². The molecule has 0 aliphatic heterocycles. The van der Waals surface area contributed by atoms with Crippen LogP contribution in [0, 0.1) is 0 Å². The van der Waals surface area contributed by atoms with E-state index in [2.05, 4.69) is 41.0 Å². The van der Waals surface area contributed by atoms with E-state index in [1.54, 1.807) is 0 Å². The van der Waals surface area contributed by atoms with Gasteiger partial charge in [0.2, 0.25) is 5.95 Å². The molecule has 0 radical (unpaired) electrons. The smallest absolute Gasteiger partial charge is 0.227 e. The molecule has 94 valence electrons. The Morgan fingerprint density at radius 1 is 1.29 bits per heavy atom. The van der Waals surface area contributed by atoms with E-state index in [9.17, 15) is 0 Å². The standard InChI is InChI=1S/C11H19N5S/c1-11(2,3)8-14-9(13-7-4-5-7)16-10(15-8)17-6-12/h7H,4-6,12H2,1-3H3,(H,13,14,15,16). The number of rotatable bonds is 4. The number of nitrogens with zero attached hydrogens (tertiary/aromatic N) is 3. The molecule has 3 N–H and O–H groups in total. The fourth-order valence-electron chi connectivity index (χ4n) is 1.31. The fraction of sp³-hybridized carbons (Fsp3) is 0.727. The Labute approximate surface area is 106 Å². The quantitative estimate of drug-likeness (QED) is 0.629. The van der Waals surface area contributed by atoms with Crippen LogP contribution < -0.4 is 11.1 Å². The molecule has 6 heteroatoms. The highest BCUT2D eigenvalue weighted by atomic mass is 32.2. The molecule has 1 aliphatic rings. The van der Waals surface area contributed by atoms with Crippen molar-refractivity contribution >= 4 is 17.7 Å². The summed E-state index contributed by atoms with van der Waals surface area (Å²) in [4.78, 5) is 13.3. The summed E-state index contributed by atoms with van der Waals surface area (Å²) in [6, 6.07) is 0.543. The van der Waals surface area contributed by atoms with Crippen molar-refractivity contribution in [1.29, 1.82) is 0 Å². The van der Waals surface area contributed by atoms with Gasteiger partial charge in [0.25, 0.3) is 0 Å². The molecule has 0 bridgehead atoms. The van der Waals surface area contributed by atoms with E-state index >= 15 is 0 Å². The summed E-state index contributed by atoms with van der Waals surface area (Å²) in [6.07, 6.45) is 2.41. The van der Waals surface area contributed by atoms with Gasteiger partial charge in [-0.2, -0.15) is 9.97 Å². The van der Waals surface area contributed by atoms with Crippen molar-refractivity contribution in [1.82, 2.24) is 15.0 Å². The third-order valence-electron chi connectivity index (χ3n) is 2.41. The number of aromatic nitrogens is 3. The zero-order valence-electron chi connectivity index (χ0n) is 10.5. The second kappa shape index (κ2) is 4.78. The molecule has 17 heavy (non-hydrogen) atoms. The van der Waals surface area contributed by atoms with Crippen LogP contribution in [0.25, 0.3) is 0 Å². The largest absolute Gasteiger partial charge is 0.351 e. The molecule has 1 fully saturated rings. The van der Waals surface area contributed by atoms with Gasteiger partial charge >= 0.3 is 0 Å². The van der Waals surface area contributed by atoms with Crippen LogP contribution in [0.4, 0.5) is 5.95 Å². The number of hydrogen-bond donors (Lipinski definition) is 2. The van der Waals surface area contributed by atoms with Crippen LogP contribution in [0.3, 0.4) is 0 Å². The Morgan fingerprint density at radius 2 is 2.00 bits per heavy atom. The first-order valence-electron chi connectivity index (χ1n) is 5.85. The Balaban J connectivity index is 2.27. The molecule has 5 nitrogen and oxygen atoms in total. The first kappa shape index (κ1) is 12.6. The molecular formula is C11H19N5S. The van der Waals surface area contributed by atoms with Crippen LogP contribution in [0.1, 0.15) is 39.4 Å². The Bertz CT molecular complexity index is 397. The maximum Gasteiger partial charge on any atom is 0.227 e. The zero-order chi connectivity index (χ0) is 12.5. The van der Waals surface area contributed by atoms with Gasteiger partial charge in [-0.05, 0) is 12.8 Å².